The standard InChI is InChI=1S/C11H17NO2/c1-8-4-5-11(14)9(7-8)10(12)3-2-6-13/h4-5,7,10,13-14H,2-3,6,12H2,1H3/t10-/m1/s1. The second-order valence-corrected chi connectivity index (χ2v) is 3.53. The highest BCUT2D eigenvalue weighted by molar-refractivity contribution is 5.37. The molecule has 0 aliphatic heterocycles. The Morgan fingerprint density at radius 3 is 2.79 bits per heavy atom. The lowest BCUT2D eigenvalue weighted by molar-refractivity contribution is 0.279. The van der Waals surface area contributed by atoms with E-state index in [1.54, 1.807) is 6.07 Å². The molecule has 0 aromatic heterocycles. The number of aliphatic hydroxyl groups excluding tert-OH is 1. The molecule has 1 rings (SSSR count). The first-order valence-corrected chi connectivity index (χ1v) is 4.81. The molecule has 0 radical (unpaired) electrons. The van der Waals surface area contributed by atoms with Crippen molar-refractivity contribution in [2.45, 2.75) is 25.8 Å². The minimum atomic E-state index is -0.193. The van der Waals surface area contributed by atoms with Crippen LogP contribution in [0.25, 0.3) is 0 Å². The van der Waals surface area contributed by atoms with Gasteiger partial charge < -0.3 is 15.9 Å². The smallest absolute Gasteiger partial charge is 0.120 e. The van der Waals surface area contributed by atoms with Gasteiger partial charge in [-0.05, 0) is 25.8 Å². The molecule has 1 aromatic carbocycles. The summed E-state index contributed by atoms with van der Waals surface area (Å²) in [7, 11) is 0. The number of aliphatic hydroxyl groups is 1. The average Bonchev–Trinajstić information content (AvgIpc) is 2.18. The van der Waals surface area contributed by atoms with Crippen molar-refractivity contribution in [1.82, 2.24) is 0 Å². The molecule has 0 saturated heterocycles. The van der Waals surface area contributed by atoms with Crippen LogP contribution in [-0.2, 0) is 0 Å². The van der Waals surface area contributed by atoms with Crippen molar-refractivity contribution in [2.24, 2.45) is 5.73 Å². The van der Waals surface area contributed by atoms with Gasteiger partial charge in [-0.2, -0.15) is 0 Å². The van der Waals surface area contributed by atoms with E-state index in [9.17, 15) is 5.11 Å². The number of hydrogen-bond donors (Lipinski definition) is 3. The van der Waals surface area contributed by atoms with Crippen molar-refractivity contribution in [3.63, 3.8) is 0 Å². The van der Waals surface area contributed by atoms with Crippen molar-refractivity contribution in [3.05, 3.63) is 29.3 Å². The number of phenolic OH excluding ortho intramolecular Hbond substituents is 1. The van der Waals surface area contributed by atoms with Gasteiger partial charge in [0.1, 0.15) is 5.75 Å². The Labute approximate surface area is 84.2 Å². The van der Waals surface area contributed by atoms with Crippen molar-refractivity contribution in [1.29, 1.82) is 0 Å². The molecule has 3 heteroatoms. The zero-order chi connectivity index (χ0) is 10.6. The summed E-state index contributed by atoms with van der Waals surface area (Å²) in [5.41, 5.74) is 7.72. The Balaban J connectivity index is 2.77. The summed E-state index contributed by atoms with van der Waals surface area (Å²) in [5.74, 6) is 0.237. The van der Waals surface area contributed by atoms with Crippen LogP contribution in [0.15, 0.2) is 18.2 Å². The summed E-state index contributed by atoms with van der Waals surface area (Å²) in [6, 6.07) is 5.19. The Morgan fingerprint density at radius 1 is 1.43 bits per heavy atom. The van der Waals surface area contributed by atoms with Crippen molar-refractivity contribution in [3.8, 4) is 5.75 Å². The molecule has 0 bridgehead atoms. The third kappa shape index (κ3) is 2.72. The summed E-state index contributed by atoms with van der Waals surface area (Å²) in [6.07, 6.45) is 1.35. The highest BCUT2D eigenvalue weighted by atomic mass is 16.3. The number of benzene rings is 1. The van der Waals surface area contributed by atoms with E-state index in [1.165, 1.54) is 0 Å². The molecule has 14 heavy (non-hydrogen) atoms. The summed E-state index contributed by atoms with van der Waals surface area (Å²) >= 11 is 0. The molecule has 3 nitrogen and oxygen atoms in total. The van der Waals surface area contributed by atoms with Crippen molar-refractivity contribution >= 4 is 0 Å². The summed E-state index contributed by atoms with van der Waals surface area (Å²) < 4.78 is 0. The van der Waals surface area contributed by atoms with Crippen LogP contribution < -0.4 is 5.73 Å². The van der Waals surface area contributed by atoms with E-state index in [0.717, 1.165) is 11.1 Å². The van der Waals surface area contributed by atoms with Gasteiger partial charge in [-0.25, -0.2) is 0 Å². The Hall–Kier alpha value is -1.06. The van der Waals surface area contributed by atoms with Crippen molar-refractivity contribution < 1.29 is 10.2 Å². The van der Waals surface area contributed by atoms with Crippen LogP contribution in [-0.4, -0.2) is 16.8 Å². The third-order valence-electron chi connectivity index (χ3n) is 2.26. The van der Waals surface area contributed by atoms with Gasteiger partial charge in [0, 0.05) is 18.2 Å². The molecule has 0 aliphatic rings. The molecular formula is C11H17NO2. The van der Waals surface area contributed by atoms with Crippen molar-refractivity contribution in [2.75, 3.05) is 6.61 Å². The third-order valence-corrected chi connectivity index (χ3v) is 2.26. The zero-order valence-corrected chi connectivity index (χ0v) is 8.40. The number of phenols is 1. The van der Waals surface area contributed by atoms with Crippen LogP contribution in [0.5, 0.6) is 5.75 Å². The fourth-order valence-electron chi connectivity index (χ4n) is 1.44. The van der Waals surface area contributed by atoms with Gasteiger partial charge in [0.15, 0.2) is 0 Å². The van der Waals surface area contributed by atoms with Gasteiger partial charge in [0.2, 0.25) is 0 Å². The Morgan fingerprint density at radius 2 is 2.14 bits per heavy atom. The molecule has 0 heterocycles. The van der Waals surface area contributed by atoms with E-state index in [2.05, 4.69) is 0 Å². The molecule has 0 amide bonds. The van der Waals surface area contributed by atoms with E-state index in [1.807, 2.05) is 19.1 Å². The van der Waals surface area contributed by atoms with Crippen LogP contribution in [0.1, 0.15) is 30.0 Å². The largest absolute Gasteiger partial charge is 0.508 e. The molecular weight excluding hydrogens is 178 g/mol. The first-order valence-electron chi connectivity index (χ1n) is 4.81. The lowest BCUT2D eigenvalue weighted by Crippen LogP contribution is -2.11. The molecule has 4 N–H and O–H groups in total. The molecule has 1 aromatic rings. The molecule has 0 unspecified atom stereocenters. The second-order valence-electron chi connectivity index (χ2n) is 3.53. The van der Waals surface area contributed by atoms with Gasteiger partial charge in [0.25, 0.3) is 0 Å². The maximum atomic E-state index is 9.56. The van der Waals surface area contributed by atoms with E-state index >= 15 is 0 Å². The number of hydrogen-bond acceptors (Lipinski definition) is 3. The number of aryl methyl sites for hydroxylation is 1. The lowest BCUT2D eigenvalue weighted by atomic mass is 10.0. The average molecular weight is 195 g/mol. The molecule has 1 atom stereocenters. The first-order chi connectivity index (χ1) is 6.65. The molecule has 78 valence electrons. The highest BCUT2D eigenvalue weighted by Crippen LogP contribution is 2.26. The van der Waals surface area contributed by atoms with Crippen LogP contribution in [0, 0.1) is 6.92 Å². The maximum Gasteiger partial charge on any atom is 0.120 e. The SMILES string of the molecule is Cc1ccc(O)c([C@H](N)CCCO)c1. The first kappa shape index (κ1) is 11.0. The quantitative estimate of drug-likeness (QED) is 0.681. The molecule has 0 aliphatic carbocycles. The lowest BCUT2D eigenvalue weighted by Gasteiger charge is -2.13. The van der Waals surface area contributed by atoms with Gasteiger partial charge in [-0.1, -0.05) is 17.7 Å². The Bertz CT molecular complexity index is 299. The predicted molar refractivity (Wildman–Crippen MR) is 56.1 cm³/mol. The second kappa shape index (κ2) is 4.98. The van der Waals surface area contributed by atoms with E-state index in [-0.39, 0.29) is 18.4 Å². The fourth-order valence-corrected chi connectivity index (χ4v) is 1.44. The fraction of sp³-hybridized carbons (Fsp3) is 0.455. The van der Waals surface area contributed by atoms with Crippen LogP contribution in [0.4, 0.5) is 0 Å². The number of nitrogens with two attached hydrogens (primary N) is 1. The van der Waals surface area contributed by atoms with E-state index in [0.29, 0.717) is 12.8 Å². The minimum Gasteiger partial charge on any atom is -0.508 e. The topological polar surface area (TPSA) is 66.5 Å². The summed E-state index contributed by atoms with van der Waals surface area (Å²) in [4.78, 5) is 0. The number of aromatic hydroxyl groups is 1. The zero-order valence-electron chi connectivity index (χ0n) is 8.40. The van der Waals surface area contributed by atoms with Crippen LogP contribution in [0.3, 0.4) is 0 Å². The van der Waals surface area contributed by atoms with Gasteiger partial charge >= 0.3 is 0 Å². The van der Waals surface area contributed by atoms with E-state index in [4.69, 9.17) is 10.8 Å². The normalized spacial score (nSPS) is 12.8. The monoisotopic (exact) mass is 195 g/mol. The Kier molecular flexibility index (Phi) is 3.92. The molecule has 0 spiro atoms. The minimum absolute atomic E-state index is 0.139. The summed E-state index contributed by atoms with van der Waals surface area (Å²) in [5, 5.41) is 18.2. The molecule has 0 saturated carbocycles. The maximum absolute atomic E-state index is 9.56. The number of rotatable bonds is 4. The summed E-state index contributed by atoms with van der Waals surface area (Å²) in [6.45, 7) is 2.10. The van der Waals surface area contributed by atoms with Crippen LogP contribution >= 0.6 is 0 Å². The predicted octanol–water partition coefficient (Wildman–Crippen LogP) is 1.47. The van der Waals surface area contributed by atoms with E-state index < -0.39 is 0 Å². The molecule has 0 fully saturated rings. The van der Waals surface area contributed by atoms with Gasteiger partial charge in [0.05, 0.1) is 0 Å². The highest BCUT2D eigenvalue weighted by Gasteiger charge is 2.10. The van der Waals surface area contributed by atoms with Crippen LogP contribution in [0.2, 0.25) is 0 Å². The van der Waals surface area contributed by atoms with Gasteiger partial charge in [-0.15, -0.1) is 0 Å². The van der Waals surface area contributed by atoms with Gasteiger partial charge in [-0.3, -0.25) is 0 Å².